The van der Waals surface area contributed by atoms with E-state index < -0.39 is 35.3 Å². The second-order valence-corrected chi connectivity index (χ2v) is 6.53. The number of aromatic nitrogens is 2. The number of H-pyrrole nitrogens is 1. The number of halogens is 3. The molecule has 2 atom stereocenters. The van der Waals surface area contributed by atoms with Gasteiger partial charge in [0.25, 0.3) is 5.56 Å². The van der Waals surface area contributed by atoms with Crippen LogP contribution in [0.3, 0.4) is 0 Å². The zero-order valence-electron chi connectivity index (χ0n) is 13.8. The first-order valence-corrected chi connectivity index (χ1v) is 8.33. The minimum absolute atomic E-state index is 0.0693. The van der Waals surface area contributed by atoms with E-state index in [0.29, 0.717) is 18.4 Å². The normalized spacial score (nSPS) is 20.9. The summed E-state index contributed by atoms with van der Waals surface area (Å²) in [5.41, 5.74) is -0.989. The van der Waals surface area contributed by atoms with Gasteiger partial charge in [0.1, 0.15) is 6.54 Å². The molecule has 0 unspecified atom stereocenters. The van der Waals surface area contributed by atoms with Gasteiger partial charge in [-0.15, -0.1) is 0 Å². The topological polar surface area (TPSA) is 84.0 Å². The van der Waals surface area contributed by atoms with E-state index in [1.165, 1.54) is 6.07 Å². The molecule has 2 aromatic rings. The van der Waals surface area contributed by atoms with Crippen molar-refractivity contribution in [3.8, 4) is 0 Å². The fourth-order valence-electron chi connectivity index (χ4n) is 3.43. The third kappa shape index (κ3) is 3.81. The van der Waals surface area contributed by atoms with Crippen LogP contribution in [0.25, 0.3) is 10.9 Å². The summed E-state index contributed by atoms with van der Waals surface area (Å²) in [5.74, 6) is -1.98. The molecule has 0 bridgehead atoms. The number of nitrogens with zero attached hydrogens (tertiary/aromatic N) is 1. The number of amides is 1. The highest BCUT2D eigenvalue weighted by atomic mass is 19.4. The number of para-hydroxylation sites is 1. The number of benzene rings is 1. The minimum Gasteiger partial charge on any atom is -0.352 e. The van der Waals surface area contributed by atoms with Gasteiger partial charge in [0.15, 0.2) is 0 Å². The van der Waals surface area contributed by atoms with Crippen molar-refractivity contribution < 1.29 is 18.0 Å². The molecule has 6 nitrogen and oxygen atoms in total. The van der Waals surface area contributed by atoms with E-state index in [9.17, 15) is 27.6 Å². The molecule has 26 heavy (non-hydrogen) atoms. The quantitative estimate of drug-likeness (QED) is 0.867. The molecule has 3 rings (SSSR count). The van der Waals surface area contributed by atoms with Crippen molar-refractivity contribution in [2.45, 2.75) is 44.4 Å². The smallest absolute Gasteiger partial charge is 0.352 e. The van der Waals surface area contributed by atoms with Crippen molar-refractivity contribution in [1.82, 2.24) is 14.9 Å². The van der Waals surface area contributed by atoms with Crippen molar-refractivity contribution in [1.29, 1.82) is 0 Å². The van der Waals surface area contributed by atoms with E-state index in [4.69, 9.17) is 0 Å². The van der Waals surface area contributed by atoms with Crippen LogP contribution < -0.4 is 16.6 Å². The summed E-state index contributed by atoms with van der Waals surface area (Å²) in [6, 6.07) is 5.75. The third-order valence-corrected chi connectivity index (χ3v) is 4.71. The number of nitrogens with one attached hydrogen (secondary N) is 2. The van der Waals surface area contributed by atoms with Gasteiger partial charge in [-0.1, -0.05) is 18.6 Å². The molecule has 0 saturated heterocycles. The predicted molar refractivity (Wildman–Crippen MR) is 88.8 cm³/mol. The molecular formula is C17H18F3N3O3. The highest BCUT2D eigenvalue weighted by Crippen LogP contribution is 2.37. The van der Waals surface area contributed by atoms with Gasteiger partial charge in [-0.25, -0.2) is 4.79 Å². The molecule has 9 heteroatoms. The fraction of sp³-hybridized carbons (Fsp3) is 0.471. The number of aromatic amines is 1. The molecule has 1 fully saturated rings. The highest BCUT2D eigenvalue weighted by Gasteiger charge is 2.42. The van der Waals surface area contributed by atoms with Crippen LogP contribution >= 0.6 is 0 Å². The van der Waals surface area contributed by atoms with Crippen LogP contribution in [-0.2, 0) is 11.3 Å². The summed E-state index contributed by atoms with van der Waals surface area (Å²) >= 11 is 0. The van der Waals surface area contributed by atoms with Gasteiger partial charge >= 0.3 is 11.9 Å². The third-order valence-electron chi connectivity index (χ3n) is 4.71. The van der Waals surface area contributed by atoms with Crippen molar-refractivity contribution in [3.05, 3.63) is 45.1 Å². The second kappa shape index (κ2) is 6.97. The van der Waals surface area contributed by atoms with E-state index in [-0.39, 0.29) is 24.8 Å². The Bertz CT molecular complexity index is 932. The maximum atomic E-state index is 12.9. The first-order chi connectivity index (χ1) is 12.3. The maximum Gasteiger partial charge on any atom is 0.391 e. The van der Waals surface area contributed by atoms with Gasteiger partial charge in [-0.3, -0.25) is 19.1 Å². The number of fused-ring (bicyclic) bond motifs is 1. The monoisotopic (exact) mass is 369 g/mol. The first-order valence-electron chi connectivity index (χ1n) is 8.33. The molecular weight excluding hydrogens is 351 g/mol. The van der Waals surface area contributed by atoms with Gasteiger partial charge < -0.3 is 5.32 Å². The molecule has 1 aliphatic rings. The summed E-state index contributed by atoms with van der Waals surface area (Å²) in [6.45, 7) is -0.372. The van der Waals surface area contributed by atoms with Gasteiger partial charge in [-0.2, -0.15) is 13.2 Å². The molecule has 1 aromatic heterocycles. The standard InChI is InChI=1S/C17H18F3N3O3/c18-17(19,20)10-4-3-5-11(8-10)21-14(24)9-23-13-7-2-1-6-12(13)15(25)22-16(23)26/h1-2,6-7,10-11H,3-5,8-9H2,(H,21,24)(H,22,25,26)/t10-,11+/m1/s1. The summed E-state index contributed by atoms with van der Waals surface area (Å²) < 4.78 is 39.7. The number of hydrogen-bond donors (Lipinski definition) is 2. The Morgan fingerprint density at radius 3 is 2.69 bits per heavy atom. The van der Waals surface area contributed by atoms with Crippen molar-refractivity contribution >= 4 is 16.8 Å². The zero-order valence-corrected chi connectivity index (χ0v) is 13.8. The molecule has 140 valence electrons. The lowest BCUT2D eigenvalue weighted by molar-refractivity contribution is -0.184. The Balaban J connectivity index is 1.76. The highest BCUT2D eigenvalue weighted by molar-refractivity contribution is 5.81. The Labute approximate surface area is 146 Å². The molecule has 0 spiro atoms. The van der Waals surface area contributed by atoms with Crippen molar-refractivity contribution in [2.75, 3.05) is 0 Å². The molecule has 0 aliphatic heterocycles. The minimum atomic E-state index is -4.27. The molecule has 1 aromatic carbocycles. The summed E-state index contributed by atoms with van der Waals surface area (Å²) in [5, 5.41) is 2.84. The van der Waals surface area contributed by atoms with E-state index in [1.54, 1.807) is 18.2 Å². The summed E-state index contributed by atoms with van der Waals surface area (Å²) in [7, 11) is 0. The first kappa shape index (κ1) is 18.2. The van der Waals surface area contributed by atoms with Crippen LogP contribution in [0.15, 0.2) is 33.9 Å². The van der Waals surface area contributed by atoms with Crippen LogP contribution in [0.2, 0.25) is 0 Å². The lowest BCUT2D eigenvalue weighted by Gasteiger charge is -2.31. The van der Waals surface area contributed by atoms with Crippen LogP contribution in [-0.4, -0.2) is 27.7 Å². The largest absolute Gasteiger partial charge is 0.391 e. The molecule has 1 saturated carbocycles. The Kier molecular flexibility index (Phi) is 4.88. The number of hydrogen-bond acceptors (Lipinski definition) is 3. The second-order valence-electron chi connectivity index (χ2n) is 6.53. The maximum absolute atomic E-state index is 12.9. The van der Waals surface area contributed by atoms with E-state index >= 15 is 0 Å². The number of carbonyl (C=O) groups excluding carboxylic acids is 1. The number of alkyl halides is 3. The zero-order chi connectivity index (χ0) is 18.9. The van der Waals surface area contributed by atoms with Crippen molar-refractivity contribution in [3.63, 3.8) is 0 Å². The lowest BCUT2D eigenvalue weighted by Crippen LogP contribution is -2.44. The number of rotatable bonds is 3. The molecule has 1 amide bonds. The van der Waals surface area contributed by atoms with E-state index in [1.807, 2.05) is 0 Å². The molecule has 0 radical (unpaired) electrons. The number of carbonyl (C=O) groups is 1. The van der Waals surface area contributed by atoms with Crippen LogP contribution in [0.1, 0.15) is 25.7 Å². The Morgan fingerprint density at radius 2 is 1.96 bits per heavy atom. The Hall–Kier alpha value is -2.58. The lowest BCUT2D eigenvalue weighted by atomic mass is 9.85. The van der Waals surface area contributed by atoms with Gasteiger partial charge in [0.2, 0.25) is 5.91 Å². The molecule has 1 aliphatic carbocycles. The predicted octanol–water partition coefficient (Wildman–Crippen LogP) is 1.93. The average molecular weight is 369 g/mol. The summed E-state index contributed by atoms with van der Waals surface area (Å²) in [4.78, 5) is 38.3. The average Bonchev–Trinajstić information content (AvgIpc) is 2.58. The van der Waals surface area contributed by atoms with Gasteiger partial charge in [0.05, 0.1) is 16.8 Å². The van der Waals surface area contributed by atoms with Crippen molar-refractivity contribution in [2.24, 2.45) is 5.92 Å². The van der Waals surface area contributed by atoms with Crippen LogP contribution in [0.4, 0.5) is 13.2 Å². The Morgan fingerprint density at radius 1 is 1.23 bits per heavy atom. The fourth-order valence-corrected chi connectivity index (χ4v) is 3.43. The van der Waals surface area contributed by atoms with Gasteiger partial charge in [0, 0.05) is 6.04 Å². The molecule has 2 N–H and O–H groups in total. The van der Waals surface area contributed by atoms with Crippen LogP contribution in [0.5, 0.6) is 0 Å². The SMILES string of the molecule is O=C(Cn1c(=O)[nH]c(=O)c2ccccc21)N[C@H]1CCC[C@@H](C(F)(F)F)C1. The van der Waals surface area contributed by atoms with Gasteiger partial charge in [-0.05, 0) is 31.4 Å². The molecule has 1 heterocycles. The van der Waals surface area contributed by atoms with Crippen LogP contribution in [0, 0.1) is 5.92 Å². The van der Waals surface area contributed by atoms with E-state index in [2.05, 4.69) is 10.3 Å². The van der Waals surface area contributed by atoms with E-state index in [0.717, 1.165) is 4.57 Å². The summed E-state index contributed by atoms with van der Waals surface area (Å²) in [6.07, 6.45) is -3.50.